The molecule has 0 heterocycles. The minimum Gasteiger partial charge on any atom is -0.212 e. The topological polar surface area (TPSA) is 34.1 Å². The van der Waals surface area contributed by atoms with Gasteiger partial charge in [-0.2, -0.15) is 0 Å². The normalized spacial score (nSPS) is 11.6. The van der Waals surface area contributed by atoms with Crippen LogP contribution < -0.4 is 0 Å². The van der Waals surface area contributed by atoms with E-state index in [4.69, 9.17) is 10.7 Å². The number of hydrogen-bond donors (Lipinski definition) is 0. The van der Waals surface area contributed by atoms with Crippen molar-refractivity contribution in [2.75, 3.05) is 0 Å². The van der Waals surface area contributed by atoms with Gasteiger partial charge in [0.25, 0.3) is 0 Å². The fourth-order valence-electron chi connectivity index (χ4n) is 0.846. The Balaban J connectivity index is 3.10. The first-order chi connectivity index (χ1) is 5.90. The molecule has 0 aliphatic rings. The number of hydrogen-bond acceptors (Lipinski definition) is 2. The third kappa shape index (κ3) is 2.93. The Morgan fingerprint density at radius 2 is 1.92 bits per heavy atom. The molecular formula is C7H5ClF2O2S. The molecule has 13 heavy (non-hydrogen) atoms. The monoisotopic (exact) mass is 226 g/mol. The van der Waals surface area contributed by atoms with Crippen molar-refractivity contribution < 1.29 is 17.2 Å². The molecule has 6 heteroatoms. The first-order valence-electron chi connectivity index (χ1n) is 3.25. The van der Waals surface area contributed by atoms with Crippen LogP contribution in [0.25, 0.3) is 0 Å². The molecule has 0 aliphatic carbocycles. The maximum absolute atomic E-state index is 12.8. The zero-order valence-corrected chi connectivity index (χ0v) is 7.87. The van der Waals surface area contributed by atoms with Crippen LogP contribution in [0.3, 0.4) is 0 Å². The van der Waals surface area contributed by atoms with Gasteiger partial charge in [0.05, 0.1) is 5.75 Å². The van der Waals surface area contributed by atoms with E-state index in [1.165, 1.54) is 12.1 Å². The first-order valence-corrected chi connectivity index (χ1v) is 5.73. The molecule has 0 aliphatic heterocycles. The lowest BCUT2D eigenvalue weighted by Crippen LogP contribution is -1.99. The molecule has 1 aromatic carbocycles. The van der Waals surface area contributed by atoms with Gasteiger partial charge in [0, 0.05) is 16.2 Å². The van der Waals surface area contributed by atoms with Gasteiger partial charge in [0.2, 0.25) is 9.05 Å². The standard InChI is InChI=1S/C7H5ClF2O2S/c8-13(11,12)4-5-2-1-3-6(9)7(5)10/h1-3H,4H2. The quantitative estimate of drug-likeness (QED) is 0.724. The van der Waals surface area contributed by atoms with Gasteiger partial charge in [0.15, 0.2) is 11.6 Å². The van der Waals surface area contributed by atoms with E-state index in [1.807, 2.05) is 0 Å². The second-order valence-electron chi connectivity index (χ2n) is 2.40. The smallest absolute Gasteiger partial charge is 0.212 e. The Hall–Kier alpha value is -0.680. The molecule has 0 aromatic heterocycles. The second-order valence-corrected chi connectivity index (χ2v) is 5.17. The van der Waals surface area contributed by atoms with Crippen LogP contribution in [0.1, 0.15) is 5.56 Å². The van der Waals surface area contributed by atoms with E-state index in [9.17, 15) is 17.2 Å². The van der Waals surface area contributed by atoms with Gasteiger partial charge >= 0.3 is 0 Å². The summed E-state index contributed by atoms with van der Waals surface area (Å²) in [5.41, 5.74) is -0.269. The van der Waals surface area contributed by atoms with Gasteiger partial charge in [-0.1, -0.05) is 12.1 Å². The SMILES string of the molecule is O=S(=O)(Cl)Cc1cccc(F)c1F. The summed E-state index contributed by atoms with van der Waals surface area (Å²) in [6, 6.07) is 3.29. The zero-order chi connectivity index (χ0) is 10.1. The Labute approximate surface area is 78.6 Å². The Morgan fingerprint density at radius 1 is 1.31 bits per heavy atom. The third-order valence-corrected chi connectivity index (χ3v) is 2.34. The number of halogens is 3. The van der Waals surface area contributed by atoms with E-state index < -0.39 is 26.4 Å². The van der Waals surface area contributed by atoms with Crippen LogP contribution in [0.2, 0.25) is 0 Å². The largest absolute Gasteiger partial charge is 0.236 e. The lowest BCUT2D eigenvalue weighted by Gasteiger charge is -2.00. The Morgan fingerprint density at radius 3 is 2.46 bits per heavy atom. The van der Waals surface area contributed by atoms with E-state index in [-0.39, 0.29) is 5.56 Å². The van der Waals surface area contributed by atoms with Crippen molar-refractivity contribution in [2.24, 2.45) is 0 Å². The highest BCUT2D eigenvalue weighted by Gasteiger charge is 2.13. The molecule has 0 saturated carbocycles. The van der Waals surface area contributed by atoms with Crippen molar-refractivity contribution in [3.8, 4) is 0 Å². The average Bonchev–Trinajstić information content (AvgIpc) is 1.96. The van der Waals surface area contributed by atoms with E-state index in [0.29, 0.717) is 0 Å². The van der Waals surface area contributed by atoms with Crippen molar-refractivity contribution in [1.82, 2.24) is 0 Å². The molecule has 0 fully saturated rings. The highest BCUT2D eigenvalue weighted by atomic mass is 35.7. The van der Waals surface area contributed by atoms with Gasteiger partial charge in [-0.15, -0.1) is 0 Å². The Kier molecular flexibility index (Phi) is 2.87. The minimum atomic E-state index is -3.85. The minimum absolute atomic E-state index is 0.269. The summed E-state index contributed by atoms with van der Waals surface area (Å²) < 4.78 is 46.5. The van der Waals surface area contributed by atoms with Crippen LogP contribution in [0.5, 0.6) is 0 Å². The second kappa shape index (κ2) is 3.59. The molecule has 0 spiro atoms. The molecule has 0 radical (unpaired) electrons. The van der Waals surface area contributed by atoms with Gasteiger partial charge in [-0.3, -0.25) is 0 Å². The molecule has 0 bridgehead atoms. The highest BCUT2D eigenvalue weighted by molar-refractivity contribution is 8.13. The van der Waals surface area contributed by atoms with Crippen LogP contribution >= 0.6 is 10.7 Å². The summed E-state index contributed by atoms with van der Waals surface area (Å²) >= 11 is 0. The molecule has 0 unspecified atom stereocenters. The predicted molar refractivity (Wildman–Crippen MR) is 44.8 cm³/mol. The van der Waals surface area contributed by atoms with Crippen molar-refractivity contribution in [3.05, 3.63) is 35.4 Å². The molecule has 1 aromatic rings. The van der Waals surface area contributed by atoms with E-state index in [1.54, 1.807) is 0 Å². The van der Waals surface area contributed by atoms with Crippen molar-refractivity contribution in [2.45, 2.75) is 5.75 Å². The van der Waals surface area contributed by atoms with Gasteiger partial charge in [0.1, 0.15) is 0 Å². The summed E-state index contributed by atoms with van der Waals surface area (Å²) in [5.74, 6) is -2.97. The predicted octanol–water partition coefficient (Wildman–Crippen LogP) is 2.03. The number of benzene rings is 1. The van der Waals surface area contributed by atoms with E-state index in [2.05, 4.69) is 0 Å². The molecule has 1 rings (SSSR count). The van der Waals surface area contributed by atoms with Crippen molar-refractivity contribution >= 4 is 19.7 Å². The van der Waals surface area contributed by atoms with Gasteiger partial charge < -0.3 is 0 Å². The van der Waals surface area contributed by atoms with Gasteiger partial charge in [-0.25, -0.2) is 17.2 Å². The van der Waals surface area contributed by atoms with Crippen LogP contribution in [-0.4, -0.2) is 8.42 Å². The maximum atomic E-state index is 12.8. The summed E-state index contributed by atoms with van der Waals surface area (Å²) in [7, 11) is 1.02. The molecule has 0 atom stereocenters. The van der Waals surface area contributed by atoms with Gasteiger partial charge in [-0.05, 0) is 6.07 Å². The molecule has 72 valence electrons. The molecule has 2 nitrogen and oxygen atoms in total. The highest BCUT2D eigenvalue weighted by Crippen LogP contribution is 2.15. The van der Waals surface area contributed by atoms with Crippen LogP contribution in [0.4, 0.5) is 8.78 Å². The summed E-state index contributed by atoms with van der Waals surface area (Å²) in [6.45, 7) is 0. The molecule has 0 saturated heterocycles. The average molecular weight is 227 g/mol. The van der Waals surface area contributed by atoms with Crippen LogP contribution in [-0.2, 0) is 14.8 Å². The fourth-order valence-corrected chi connectivity index (χ4v) is 1.79. The van der Waals surface area contributed by atoms with Crippen LogP contribution in [0.15, 0.2) is 18.2 Å². The molecule has 0 N–H and O–H groups in total. The lowest BCUT2D eigenvalue weighted by molar-refractivity contribution is 0.501. The molecular weight excluding hydrogens is 222 g/mol. The summed E-state index contributed by atoms with van der Waals surface area (Å²) in [6.07, 6.45) is 0. The maximum Gasteiger partial charge on any atom is 0.236 e. The fraction of sp³-hybridized carbons (Fsp3) is 0.143. The first kappa shape index (κ1) is 10.4. The lowest BCUT2D eigenvalue weighted by atomic mass is 10.2. The van der Waals surface area contributed by atoms with Crippen LogP contribution in [0, 0.1) is 11.6 Å². The summed E-state index contributed by atoms with van der Waals surface area (Å²) in [5, 5.41) is 0. The van der Waals surface area contributed by atoms with Crippen molar-refractivity contribution in [3.63, 3.8) is 0 Å². The zero-order valence-electron chi connectivity index (χ0n) is 6.30. The third-order valence-electron chi connectivity index (χ3n) is 1.36. The molecule has 0 amide bonds. The van der Waals surface area contributed by atoms with E-state index in [0.717, 1.165) is 6.07 Å². The number of rotatable bonds is 2. The van der Waals surface area contributed by atoms with Crippen molar-refractivity contribution in [1.29, 1.82) is 0 Å². The Bertz CT molecular complexity index is 417. The van der Waals surface area contributed by atoms with E-state index >= 15 is 0 Å². The summed E-state index contributed by atoms with van der Waals surface area (Å²) in [4.78, 5) is 0.